The molecule has 0 spiro atoms. The molecule has 0 radical (unpaired) electrons. The summed E-state index contributed by atoms with van der Waals surface area (Å²) in [6.45, 7) is 0. The number of benzene rings is 9. The molecule has 11 rings (SSSR count). The minimum absolute atomic E-state index is 0.869. The van der Waals surface area contributed by atoms with Gasteiger partial charge in [0, 0.05) is 42.2 Å². The number of hydrogen-bond acceptors (Lipinski definition) is 3. The first-order chi connectivity index (χ1) is 26.3. The molecule has 0 saturated carbocycles. The van der Waals surface area contributed by atoms with Crippen molar-refractivity contribution in [3.63, 3.8) is 0 Å². The van der Waals surface area contributed by atoms with Crippen LogP contribution in [0.4, 0.5) is 17.1 Å². The topological polar surface area (TPSA) is 16.4 Å². The first kappa shape index (κ1) is 30.0. The van der Waals surface area contributed by atoms with E-state index in [0.29, 0.717) is 0 Å². The Bertz CT molecular complexity index is 3200. The maximum absolute atomic E-state index is 6.73. The van der Waals surface area contributed by atoms with Gasteiger partial charge in [-0.25, -0.2) is 0 Å². The highest BCUT2D eigenvalue weighted by Crippen LogP contribution is 2.48. The number of fused-ring (bicyclic) bond motifs is 9. The summed E-state index contributed by atoms with van der Waals surface area (Å²) in [6.07, 6.45) is 0. The average molecular weight is 694 g/mol. The summed E-state index contributed by atoms with van der Waals surface area (Å²) in [5.74, 6) is 0. The molecule has 11 aromatic rings. The first-order valence-electron chi connectivity index (χ1n) is 18.0. The number of thiophene rings is 1. The zero-order valence-electron chi connectivity index (χ0n) is 28.7. The lowest BCUT2D eigenvalue weighted by Crippen LogP contribution is -2.11. The van der Waals surface area contributed by atoms with Gasteiger partial charge >= 0.3 is 0 Å². The Morgan fingerprint density at radius 2 is 1.09 bits per heavy atom. The van der Waals surface area contributed by atoms with E-state index >= 15 is 0 Å². The van der Waals surface area contributed by atoms with Gasteiger partial charge in [-0.05, 0) is 93.5 Å². The van der Waals surface area contributed by atoms with E-state index in [9.17, 15) is 0 Å². The molecular formula is C50H31NOS. The normalized spacial score (nSPS) is 11.8. The van der Waals surface area contributed by atoms with Crippen LogP contribution < -0.4 is 4.90 Å². The monoisotopic (exact) mass is 693 g/mol. The lowest BCUT2D eigenvalue weighted by Gasteiger charge is -2.29. The average Bonchev–Trinajstić information content (AvgIpc) is 3.80. The molecule has 0 saturated heterocycles. The molecule has 0 aliphatic rings. The number of nitrogens with zero attached hydrogens (tertiary/aromatic N) is 1. The van der Waals surface area contributed by atoms with Crippen LogP contribution in [-0.4, -0.2) is 0 Å². The lowest BCUT2D eigenvalue weighted by molar-refractivity contribution is 0.672. The van der Waals surface area contributed by atoms with Gasteiger partial charge in [-0.15, -0.1) is 11.3 Å². The summed E-state index contributed by atoms with van der Waals surface area (Å²) in [5.41, 5.74) is 9.73. The van der Waals surface area contributed by atoms with E-state index in [1.165, 1.54) is 47.5 Å². The Kier molecular flexibility index (Phi) is 6.76. The van der Waals surface area contributed by atoms with Crippen LogP contribution in [0.3, 0.4) is 0 Å². The van der Waals surface area contributed by atoms with Crippen molar-refractivity contribution in [3.8, 4) is 22.3 Å². The molecule has 0 amide bonds. The van der Waals surface area contributed by atoms with Crippen LogP contribution in [0, 0.1) is 0 Å². The smallest absolute Gasteiger partial charge is 0.143 e. The van der Waals surface area contributed by atoms with Gasteiger partial charge in [-0.2, -0.15) is 0 Å². The third kappa shape index (κ3) is 4.86. The molecule has 0 fully saturated rings. The Morgan fingerprint density at radius 3 is 2.04 bits per heavy atom. The van der Waals surface area contributed by atoms with Gasteiger partial charge in [0.15, 0.2) is 0 Å². The van der Waals surface area contributed by atoms with E-state index in [-0.39, 0.29) is 0 Å². The first-order valence-corrected chi connectivity index (χ1v) is 18.8. The highest BCUT2D eigenvalue weighted by atomic mass is 32.1. The van der Waals surface area contributed by atoms with Crippen LogP contribution in [0.1, 0.15) is 0 Å². The van der Waals surface area contributed by atoms with Crippen LogP contribution in [0.25, 0.3) is 85.9 Å². The van der Waals surface area contributed by atoms with Crippen molar-refractivity contribution >= 4 is 92.1 Å². The number of para-hydroxylation sites is 1. The van der Waals surface area contributed by atoms with Crippen LogP contribution >= 0.6 is 11.3 Å². The van der Waals surface area contributed by atoms with Gasteiger partial charge in [-0.1, -0.05) is 127 Å². The van der Waals surface area contributed by atoms with Crippen molar-refractivity contribution in [3.05, 3.63) is 188 Å². The fourth-order valence-electron chi connectivity index (χ4n) is 8.13. The van der Waals surface area contributed by atoms with E-state index in [0.717, 1.165) is 55.5 Å². The van der Waals surface area contributed by atoms with Gasteiger partial charge in [-0.3, -0.25) is 0 Å². The molecule has 3 heteroatoms. The Labute approximate surface area is 310 Å². The molecule has 248 valence electrons. The second-order valence-electron chi connectivity index (χ2n) is 13.7. The van der Waals surface area contributed by atoms with Gasteiger partial charge in [0.25, 0.3) is 0 Å². The molecule has 2 heterocycles. The number of rotatable bonds is 5. The highest BCUT2D eigenvalue weighted by molar-refractivity contribution is 7.25. The fraction of sp³-hybridized carbons (Fsp3) is 0. The Morgan fingerprint density at radius 1 is 0.396 bits per heavy atom. The maximum Gasteiger partial charge on any atom is 0.143 e. The molecule has 0 N–H and O–H groups in total. The van der Waals surface area contributed by atoms with Gasteiger partial charge < -0.3 is 9.32 Å². The fourth-order valence-corrected chi connectivity index (χ4v) is 9.22. The molecule has 2 nitrogen and oxygen atoms in total. The minimum Gasteiger partial charge on any atom is -0.455 e. The lowest BCUT2D eigenvalue weighted by atomic mass is 9.98. The van der Waals surface area contributed by atoms with Gasteiger partial charge in [0.1, 0.15) is 11.2 Å². The molecule has 9 aromatic carbocycles. The quantitative estimate of drug-likeness (QED) is 0.178. The second-order valence-corrected chi connectivity index (χ2v) is 14.8. The zero-order chi connectivity index (χ0) is 34.9. The number of furan rings is 1. The molecule has 53 heavy (non-hydrogen) atoms. The summed E-state index contributed by atoms with van der Waals surface area (Å²) in [4.78, 5) is 2.43. The van der Waals surface area contributed by atoms with Gasteiger partial charge in [0.05, 0.1) is 16.8 Å². The summed E-state index contributed by atoms with van der Waals surface area (Å²) in [6, 6.07) is 68.1. The van der Waals surface area contributed by atoms with E-state index in [4.69, 9.17) is 4.42 Å². The van der Waals surface area contributed by atoms with E-state index < -0.39 is 0 Å². The number of hydrogen-bond donors (Lipinski definition) is 0. The summed E-state index contributed by atoms with van der Waals surface area (Å²) >= 11 is 1.85. The summed E-state index contributed by atoms with van der Waals surface area (Å²) < 4.78 is 9.34. The maximum atomic E-state index is 6.73. The van der Waals surface area contributed by atoms with Crippen molar-refractivity contribution in [2.45, 2.75) is 0 Å². The van der Waals surface area contributed by atoms with Crippen molar-refractivity contribution in [1.29, 1.82) is 0 Å². The van der Waals surface area contributed by atoms with Crippen molar-refractivity contribution in [1.82, 2.24) is 0 Å². The van der Waals surface area contributed by atoms with Crippen LogP contribution in [0.2, 0.25) is 0 Å². The summed E-state index contributed by atoms with van der Waals surface area (Å²) in [7, 11) is 0. The van der Waals surface area contributed by atoms with Crippen LogP contribution in [-0.2, 0) is 0 Å². The van der Waals surface area contributed by atoms with Crippen LogP contribution in [0.15, 0.2) is 192 Å². The molecule has 0 aliphatic heterocycles. The highest BCUT2D eigenvalue weighted by Gasteiger charge is 2.23. The Hall–Kier alpha value is -6.68. The van der Waals surface area contributed by atoms with Gasteiger partial charge in [0.2, 0.25) is 0 Å². The van der Waals surface area contributed by atoms with Crippen molar-refractivity contribution in [2.75, 3.05) is 4.90 Å². The second kappa shape index (κ2) is 11.9. The molecular weight excluding hydrogens is 663 g/mol. The predicted octanol–water partition coefficient (Wildman–Crippen LogP) is 15.1. The third-order valence-corrected chi connectivity index (χ3v) is 11.8. The van der Waals surface area contributed by atoms with Crippen LogP contribution in [0.5, 0.6) is 0 Å². The van der Waals surface area contributed by atoms with Crippen molar-refractivity contribution in [2.24, 2.45) is 0 Å². The Balaban J connectivity index is 1.17. The minimum atomic E-state index is 0.869. The third-order valence-electron chi connectivity index (χ3n) is 10.6. The van der Waals surface area contributed by atoms with E-state index in [1.807, 2.05) is 11.3 Å². The van der Waals surface area contributed by atoms with E-state index in [1.54, 1.807) is 0 Å². The molecule has 2 aromatic heterocycles. The van der Waals surface area contributed by atoms with Crippen molar-refractivity contribution < 1.29 is 4.42 Å². The summed E-state index contributed by atoms with van der Waals surface area (Å²) in [5, 5.41) is 9.55. The SMILES string of the molecule is c1cc(-c2ccc3ccccc3c2)cc(N(c2ccccc2-c2ccc3sc4ccccc4c3c2)c2cccc3oc4c5ccccc5ccc4c23)c1. The van der Waals surface area contributed by atoms with E-state index in [2.05, 4.69) is 193 Å². The molecule has 0 aliphatic carbocycles. The molecule has 0 unspecified atom stereocenters. The largest absolute Gasteiger partial charge is 0.455 e. The zero-order valence-corrected chi connectivity index (χ0v) is 29.5. The standard InChI is InChI=1S/C50H31NOS/c1-2-13-34-29-36(24-23-32(34)11-1)35-14-9-15-38(30-35)51(45-20-10-21-46-49(45)42-27-25-33-12-3-4-17-40(33)50(42)52-46)44-19-7-5-16-39(44)37-26-28-48-43(31-37)41-18-6-8-22-47(41)53-48/h1-31H. The predicted molar refractivity (Wildman–Crippen MR) is 227 cm³/mol. The number of anilines is 3. The molecule has 0 bridgehead atoms. The molecule has 0 atom stereocenters.